The van der Waals surface area contributed by atoms with E-state index < -0.39 is 37.6 Å². The summed E-state index contributed by atoms with van der Waals surface area (Å²) in [6, 6.07) is 0. The van der Waals surface area contributed by atoms with Crippen molar-refractivity contribution >= 4 is 0 Å². The molecule has 32 heavy (non-hydrogen) atoms. The van der Waals surface area contributed by atoms with Crippen molar-refractivity contribution < 1.29 is 59.9 Å². The highest BCUT2D eigenvalue weighted by molar-refractivity contribution is 4.91. The van der Waals surface area contributed by atoms with Crippen molar-refractivity contribution in [3.63, 3.8) is 0 Å². The fourth-order valence-electron chi connectivity index (χ4n) is 2.13. The van der Waals surface area contributed by atoms with Gasteiger partial charge in [-0.05, 0) is 6.42 Å². The zero-order valence-corrected chi connectivity index (χ0v) is 18.3. The Morgan fingerprint density at radius 3 is 1.34 bits per heavy atom. The quantitative estimate of drug-likeness (QED) is 0.175. The van der Waals surface area contributed by atoms with E-state index in [1.807, 2.05) is 0 Å². The van der Waals surface area contributed by atoms with E-state index in [1.54, 1.807) is 0 Å². The zero-order valence-electron chi connectivity index (χ0n) is 18.3. The van der Waals surface area contributed by atoms with E-state index in [9.17, 15) is 26.3 Å². The molecule has 0 fully saturated rings. The standard InChI is InChI=1S/C19H34F6O7/c1-2-3-4-17(20,21)18(22,23)19(24,25)32-16-15-31-14-13-30-12-11-29-10-9-28-8-7-27-6-5-26/h26H,2-16H2,1H3. The van der Waals surface area contributed by atoms with Crippen LogP contribution in [0.3, 0.4) is 0 Å². The van der Waals surface area contributed by atoms with Crippen LogP contribution in [0.4, 0.5) is 26.3 Å². The van der Waals surface area contributed by atoms with Crippen LogP contribution in [0.25, 0.3) is 0 Å². The minimum atomic E-state index is -5.63. The van der Waals surface area contributed by atoms with Crippen molar-refractivity contribution in [1.29, 1.82) is 0 Å². The molecule has 0 spiro atoms. The number of aliphatic hydroxyl groups excluding tert-OH is 1. The third-order valence-corrected chi connectivity index (χ3v) is 3.90. The van der Waals surface area contributed by atoms with Crippen molar-refractivity contribution in [2.45, 2.75) is 44.1 Å². The molecule has 0 saturated heterocycles. The fraction of sp³-hybridized carbons (Fsp3) is 1.00. The van der Waals surface area contributed by atoms with E-state index in [2.05, 4.69) is 4.74 Å². The number of ether oxygens (including phenoxy) is 6. The maximum atomic E-state index is 13.5. The molecule has 0 aliphatic heterocycles. The maximum Gasteiger partial charge on any atom is 0.425 e. The van der Waals surface area contributed by atoms with E-state index in [0.29, 0.717) is 26.4 Å². The van der Waals surface area contributed by atoms with E-state index in [4.69, 9.17) is 28.8 Å². The van der Waals surface area contributed by atoms with Crippen LogP contribution in [0.1, 0.15) is 26.2 Å². The van der Waals surface area contributed by atoms with Gasteiger partial charge in [-0.15, -0.1) is 0 Å². The summed E-state index contributed by atoms with van der Waals surface area (Å²) in [5.74, 6) is -10.5. The third-order valence-electron chi connectivity index (χ3n) is 3.90. The molecule has 0 atom stereocenters. The van der Waals surface area contributed by atoms with E-state index in [-0.39, 0.29) is 52.5 Å². The Balaban J connectivity index is 3.67. The number of hydrogen-bond acceptors (Lipinski definition) is 7. The lowest BCUT2D eigenvalue weighted by Crippen LogP contribution is -2.55. The second-order valence-corrected chi connectivity index (χ2v) is 6.53. The predicted molar refractivity (Wildman–Crippen MR) is 101 cm³/mol. The van der Waals surface area contributed by atoms with E-state index in [0.717, 1.165) is 0 Å². The number of aliphatic hydroxyl groups is 1. The Kier molecular flexibility index (Phi) is 17.3. The molecular weight excluding hydrogens is 454 g/mol. The van der Waals surface area contributed by atoms with Crippen LogP contribution in [-0.2, 0) is 28.4 Å². The Hall–Kier alpha value is -0.700. The lowest BCUT2D eigenvalue weighted by atomic mass is 10.0. The molecule has 0 bridgehead atoms. The van der Waals surface area contributed by atoms with Gasteiger partial charge in [0, 0.05) is 6.42 Å². The Bertz CT molecular complexity index is 444. The summed E-state index contributed by atoms with van der Waals surface area (Å²) in [7, 11) is 0. The van der Waals surface area contributed by atoms with Crippen LogP contribution in [-0.4, -0.2) is 102 Å². The summed E-state index contributed by atoms with van der Waals surface area (Å²) >= 11 is 0. The molecule has 0 aliphatic carbocycles. The highest BCUT2D eigenvalue weighted by Gasteiger charge is 2.72. The van der Waals surface area contributed by atoms with Crippen LogP contribution >= 0.6 is 0 Å². The van der Waals surface area contributed by atoms with Gasteiger partial charge in [0.1, 0.15) is 0 Å². The number of halogens is 6. The van der Waals surface area contributed by atoms with E-state index >= 15 is 0 Å². The number of rotatable bonds is 23. The molecular formula is C19H34F6O7. The van der Waals surface area contributed by atoms with Gasteiger partial charge in [0.2, 0.25) is 0 Å². The van der Waals surface area contributed by atoms with Gasteiger partial charge in [0.25, 0.3) is 0 Å². The smallest absolute Gasteiger partial charge is 0.394 e. The van der Waals surface area contributed by atoms with Gasteiger partial charge in [-0.3, -0.25) is 0 Å². The van der Waals surface area contributed by atoms with Crippen LogP contribution in [0, 0.1) is 0 Å². The van der Waals surface area contributed by atoms with Gasteiger partial charge in [0.05, 0.1) is 79.3 Å². The minimum Gasteiger partial charge on any atom is -0.394 e. The van der Waals surface area contributed by atoms with Gasteiger partial charge >= 0.3 is 18.0 Å². The Morgan fingerprint density at radius 1 is 0.594 bits per heavy atom. The lowest BCUT2D eigenvalue weighted by molar-refractivity contribution is -0.400. The predicted octanol–water partition coefficient (Wildman–Crippen LogP) is 3.13. The normalized spacial score (nSPS) is 13.1. The summed E-state index contributed by atoms with van der Waals surface area (Å²) < 4.78 is 110. The Labute approximate surface area is 184 Å². The highest BCUT2D eigenvalue weighted by Crippen LogP contribution is 2.48. The first-order valence-corrected chi connectivity index (χ1v) is 10.4. The summed E-state index contributed by atoms with van der Waals surface area (Å²) in [6.07, 6.45) is -6.84. The first-order chi connectivity index (χ1) is 15.1. The van der Waals surface area contributed by atoms with Crippen LogP contribution in [0.2, 0.25) is 0 Å². The first-order valence-electron chi connectivity index (χ1n) is 10.4. The van der Waals surface area contributed by atoms with Gasteiger partial charge in [-0.2, -0.15) is 26.3 Å². The van der Waals surface area contributed by atoms with Gasteiger partial charge in [-0.1, -0.05) is 13.3 Å². The molecule has 1 N–H and O–H groups in total. The molecule has 0 saturated carbocycles. The lowest BCUT2D eigenvalue weighted by Gasteiger charge is -2.32. The molecule has 0 aromatic carbocycles. The van der Waals surface area contributed by atoms with Crippen molar-refractivity contribution in [2.24, 2.45) is 0 Å². The summed E-state index contributed by atoms with van der Waals surface area (Å²) in [5, 5.41) is 8.50. The average Bonchev–Trinajstić information content (AvgIpc) is 2.74. The zero-order chi connectivity index (χ0) is 24.3. The van der Waals surface area contributed by atoms with Crippen LogP contribution in [0.5, 0.6) is 0 Å². The van der Waals surface area contributed by atoms with Crippen LogP contribution in [0.15, 0.2) is 0 Å². The average molecular weight is 488 g/mol. The molecule has 13 heteroatoms. The largest absolute Gasteiger partial charge is 0.425 e. The third kappa shape index (κ3) is 13.1. The van der Waals surface area contributed by atoms with Gasteiger partial charge in [0.15, 0.2) is 0 Å². The second kappa shape index (κ2) is 17.7. The number of unbranched alkanes of at least 4 members (excludes halogenated alkanes) is 1. The summed E-state index contributed by atoms with van der Waals surface area (Å²) in [5.41, 5.74) is 0. The Morgan fingerprint density at radius 2 is 0.969 bits per heavy atom. The number of alkyl halides is 6. The molecule has 7 nitrogen and oxygen atoms in total. The van der Waals surface area contributed by atoms with Gasteiger partial charge < -0.3 is 33.5 Å². The molecule has 0 aromatic rings. The van der Waals surface area contributed by atoms with Crippen molar-refractivity contribution in [1.82, 2.24) is 0 Å². The van der Waals surface area contributed by atoms with Gasteiger partial charge in [-0.25, -0.2) is 0 Å². The minimum absolute atomic E-state index is 0.0328. The molecule has 0 radical (unpaired) electrons. The molecule has 0 amide bonds. The second-order valence-electron chi connectivity index (χ2n) is 6.53. The fourth-order valence-corrected chi connectivity index (χ4v) is 2.13. The maximum absolute atomic E-state index is 13.5. The topological polar surface area (TPSA) is 75.6 Å². The van der Waals surface area contributed by atoms with E-state index in [1.165, 1.54) is 6.92 Å². The highest BCUT2D eigenvalue weighted by atomic mass is 19.3. The molecule has 0 heterocycles. The summed E-state index contributed by atoms with van der Waals surface area (Å²) in [6.45, 7) is 2.24. The van der Waals surface area contributed by atoms with Crippen molar-refractivity contribution in [3.05, 3.63) is 0 Å². The van der Waals surface area contributed by atoms with Crippen LogP contribution < -0.4 is 0 Å². The molecule has 0 unspecified atom stereocenters. The monoisotopic (exact) mass is 488 g/mol. The molecule has 194 valence electrons. The number of hydrogen-bond donors (Lipinski definition) is 1. The molecule has 0 aromatic heterocycles. The van der Waals surface area contributed by atoms with Crippen molar-refractivity contribution in [2.75, 3.05) is 79.3 Å². The molecule has 0 rings (SSSR count). The SMILES string of the molecule is CCCCC(F)(F)C(F)(F)C(F)(F)OCCOCCOCCOCCOCCOCCO. The molecule has 0 aliphatic rings. The van der Waals surface area contributed by atoms with Crippen molar-refractivity contribution in [3.8, 4) is 0 Å². The first kappa shape index (κ1) is 31.3. The summed E-state index contributed by atoms with van der Waals surface area (Å²) in [4.78, 5) is 0.